The van der Waals surface area contributed by atoms with Crippen LogP contribution in [0.1, 0.15) is 88.1 Å². The SMILES string of the molecule is Cc1ncsc1-c1ccc(CNC(=O)[C@@H]2C[C@@H](O)CN2C(=O)[C@@H](NC(=O)C2CCC(Cc3cnc(N4C5CCC4CN(C4=C(N)NNC(c6ccccc6O)=C4)C5)nc3)CC2)C(C)(C)C)cc1. The molecule has 3 saturated heterocycles. The molecule has 2 aromatic carbocycles. The standard InChI is InChI=1S/C50H63N11O5S/c1-29-43(67-28-55-29)33-13-11-31(12-14-33)22-52-47(65)41-20-37(62)27-60(41)48(66)44(50(2,3)4)56-46(64)34-15-9-30(10-16-34)19-32-23-53-49(54-24-32)61-35-17-18-36(61)26-59(25-35)40-21-39(57-58-45(40)51)38-7-5-6-8-42(38)63/h5-8,11-14,21,23-24,28,30,34-37,41,44,57-58,62-63H,9-10,15-20,22,25-27,51H2,1-4H3,(H,52,65)(H,56,64)/t30?,34?,35?,36?,37-,41+,44-/m1/s1. The Kier molecular flexibility index (Phi) is 13.2. The number of hydrogen-bond donors (Lipinski definition) is 7. The lowest BCUT2D eigenvalue weighted by Gasteiger charge is -2.43. The van der Waals surface area contributed by atoms with E-state index in [1.165, 1.54) is 4.90 Å². The van der Waals surface area contributed by atoms with E-state index >= 15 is 0 Å². The molecule has 5 aliphatic rings. The molecule has 1 saturated carbocycles. The van der Waals surface area contributed by atoms with Gasteiger partial charge in [0.1, 0.15) is 23.7 Å². The van der Waals surface area contributed by atoms with Crippen LogP contribution in [-0.4, -0.2) is 103 Å². The number of nitrogens with zero attached hydrogens (tertiary/aromatic N) is 6. The van der Waals surface area contributed by atoms with Crippen molar-refractivity contribution in [3.63, 3.8) is 0 Å². The number of carbonyl (C=O) groups excluding carboxylic acids is 3. The highest BCUT2D eigenvalue weighted by molar-refractivity contribution is 7.13. The Morgan fingerprint density at radius 3 is 2.25 bits per heavy atom. The molecule has 354 valence electrons. The molecule has 1 aliphatic carbocycles. The molecule has 3 amide bonds. The fourth-order valence-corrected chi connectivity index (χ4v) is 11.4. The van der Waals surface area contributed by atoms with Crippen molar-refractivity contribution in [2.24, 2.45) is 23.0 Å². The number of allylic oxidation sites excluding steroid dienone is 1. The van der Waals surface area contributed by atoms with Gasteiger partial charge in [0.25, 0.3) is 0 Å². The predicted octanol–water partition coefficient (Wildman–Crippen LogP) is 4.70. The molecule has 2 aromatic heterocycles. The smallest absolute Gasteiger partial charge is 0.246 e. The number of aliphatic hydroxyl groups is 1. The van der Waals surface area contributed by atoms with Crippen molar-refractivity contribution in [2.45, 2.75) is 116 Å². The number of likely N-dealkylation sites (tertiary alicyclic amines) is 2. The van der Waals surface area contributed by atoms with Gasteiger partial charge in [0.05, 0.1) is 33.6 Å². The quantitative estimate of drug-likeness (QED) is 0.103. The number of aromatic hydroxyl groups is 1. The van der Waals surface area contributed by atoms with Crippen molar-refractivity contribution < 1.29 is 24.6 Å². The molecule has 0 radical (unpaired) electrons. The van der Waals surface area contributed by atoms with Gasteiger partial charge in [0.2, 0.25) is 23.7 Å². The first-order chi connectivity index (χ1) is 32.2. The van der Waals surface area contributed by atoms with E-state index in [9.17, 15) is 24.6 Å². The van der Waals surface area contributed by atoms with Crippen LogP contribution in [0, 0.1) is 24.2 Å². The van der Waals surface area contributed by atoms with Crippen LogP contribution >= 0.6 is 11.3 Å². The Morgan fingerprint density at radius 1 is 0.896 bits per heavy atom. The van der Waals surface area contributed by atoms with Gasteiger partial charge in [-0.1, -0.05) is 57.2 Å². The molecule has 4 fully saturated rings. The Bertz CT molecular complexity index is 2500. The number of amides is 3. The fourth-order valence-electron chi connectivity index (χ4n) is 10.6. The Morgan fingerprint density at radius 2 is 1.60 bits per heavy atom. The van der Waals surface area contributed by atoms with Crippen molar-refractivity contribution in [3.05, 3.63) is 106 Å². The third-order valence-corrected chi connectivity index (χ3v) is 15.2. The number of phenolic OH excluding ortho intramolecular Hbond substituents is 1. The normalized spacial score (nSPS) is 24.4. The number of hydrogen-bond acceptors (Lipinski definition) is 14. The number of anilines is 1. The number of hydrazine groups is 1. The predicted molar refractivity (Wildman–Crippen MR) is 257 cm³/mol. The van der Waals surface area contributed by atoms with Crippen LogP contribution in [0.2, 0.25) is 0 Å². The first-order valence-electron chi connectivity index (χ1n) is 23.6. The number of carbonyl (C=O) groups is 3. The Balaban J connectivity index is 0.757. The van der Waals surface area contributed by atoms with Crippen LogP contribution in [0.4, 0.5) is 5.95 Å². The highest BCUT2D eigenvalue weighted by Crippen LogP contribution is 2.37. The van der Waals surface area contributed by atoms with Crippen LogP contribution in [0.3, 0.4) is 0 Å². The zero-order chi connectivity index (χ0) is 47.0. The largest absolute Gasteiger partial charge is 0.507 e. The van der Waals surface area contributed by atoms with E-state index in [-0.39, 0.29) is 61.0 Å². The number of nitrogens with one attached hydrogen (secondary N) is 4. The van der Waals surface area contributed by atoms with Gasteiger partial charge in [0, 0.05) is 68.6 Å². The minimum atomic E-state index is -0.869. The first kappa shape index (κ1) is 45.9. The second-order valence-electron chi connectivity index (χ2n) is 20.0. The third-order valence-electron chi connectivity index (χ3n) is 14.3. The number of piperazine rings is 1. The molecule has 0 spiro atoms. The van der Waals surface area contributed by atoms with E-state index in [1.807, 2.05) is 88.1 Å². The summed E-state index contributed by atoms with van der Waals surface area (Å²) in [5.74, 6) is 0.812. The van der Waals surface area contributed by atoms with Gasteiger partial charge in [-0.25, -0.2) is 15.0 Å². The van der Waals surface area contributed by atoms with Gasteiger partial charge in [-0.05, 0) is 98.1 Å². The second kappa shape index (κ2) is 19.2. The molecular weight excluding hydrogens is 867 g/mol. The number of rotatable bonds is 12. The lowest BCUT2D eigenvalue weighted by Crippen LogP contribution is -2.58. The molecule has 4 aromatic rings. The molecule has 4 aliphatic heterocycles. The fraction of sp³-hybridized carbons (Fsp3) is 0.480. The maximum atomic E-state index is 14.3. The molecule has 2 bridgehead atoms. The number of nitrogens with two attached hydrogens (primary N) is 1. The molecule has 2 unspecified atom stereocenters. The first-order valence-corrected chi connectivity index (χ1v) is 24.5. The Hall–Kier alpha value is -6.20. The average molecular weight is 930 g/mol. The number of aromatic nitrogens is 3. The zero-order valence-corrected chi connectivity index (χ0v) is 39.6. The third kappa shape index (κ3) is 9.94. The van der Waals surface area contributed by atoms with Gasteiger partial charge >= 0.3 is 0 Å². The molecule has 16 nitrogen and oxygen atoms in total. The molecular formula is C50H63N11O5S. The number of para-hydroxylation sites is 1. The molecule has 5 atom stereocenters. The van der Waals surface area contributed by atoms with Crippen molar-refractivity contribution in [3.8, 4) is 16.2 Å². The maximum absolute atomic E-state index is 14.3. The van der Waals surface area contributed by atoms with Crippen molar-refractivity contribution >= 4 is 40.7 Å². The minimum Gasteiger partial charge on any atom is -0.507 e. The van der Waals surface area contributed by atoms with Crippen LogP contribution in [0.15, 0.2) is 84.0 Å². The van der Waals surface area contributed by atoms with Gasteiger partial charge in [-0.3, -0.25) is 25.2 Å². The van der Waals surface area contributed by atoms with E-state index in [0.717, 1.165) is 89.8 Å². The van der Waals surface area contributed by atoms with Crippen molar-refractivity contribution in [1.82, 2.24) is 46.2 Å². The number of aryl methyl sites for hydroxylation is 1. The minimum absolute atomic E-state index is 0.0290. The van der Waals surface area contributed by atoms with Crippen molar-refractivity contribution in [1.29, 1.82) is 0 Å². The van der Waals surface area contributed by atoms with Gasteiger partial charge in [-0.2, -0.15) is 0 Å². The summed E-state index contributed by atoms with van der Waals surface area (Å²) in [4.78, 5) is 63.1. The number of benzene rings is 2. The van der Waals surface area contributed by atoms with Crippen LogP contribution < -0.4 is 32.1 Å². The number of phenols is 1. The van der Waals surface area contributed by atoms with E-state index in [1.54, 1.807) is 23.5 Å². The van der Waals surface area contributed by atoms with E-state index in [2.05, 4.69) is 36.3 Å². The molecule has 9 rings (SSSR count). The second-order valence-corrected chi connectivity index (χ2v) is 20.9. The number of fused-ring (bicyclic) bond motifs is 2. The highest BCUT2D eigenvalue weighted by atomic mass is 32.1. The summed E-state index contributed by atoms with van der Waals surface area (Å²) in [6, 6.07) is 13.9. The number of thiazole rings is 1. The molecule has 8 N–H and O–H groups in total. The van der Waals surface area contributed by atoms with Gasteiger partial charge in [0.15, 0.2) is 0 Å². The van der Waals surface area contributed by atoms with E-state index in [0.29, 0.717) is 30.1 Å². The molecule has 6 heterocycles. The average Bonchev–Trinajstić information content (AvgIpc) is 4.01. The highest BCUT2D eigenvalue weighted by Gasteiger charge is 2.46. The number of aliphatic hydroxyl groups excluding tert-OH is 1. The monoisotopic (exact) mass is 929 g/mol. The summed E-state index contributed by atoms with van der Waals surface area (Å²) >= 11 is 1.59. The maximum Gasteiger partial charge on any atom is 0.246 e. The van der Waals surface area contributed by atoms with Gasteiger partial charge in [-0.15, -0.1) is 11.3 Å². The number of β-amino-alcohol motifs (C(OH)–C–C–N with tert-alkyl or cyclic N) is 1. The molecule has 67 heavy (non-hydrogen) atoms. The van der Waals surface area contributed by atoms with Gasteiger partial charge < -0.3 is 41.3 Å². The van der Waals surface area contributed by atoms with E-state index < -0.39 is 23.6 Å². The van der Waals surface area contributed by atoms with Crippen LogP contribution in [0.5, 0.6) is 5.75 Å². The zero-order valence-electron chi connectivity index (χ0n) is 38.7. The summed E-state index contributed by atoms with van der Waals surface area (Å²) in [5, 5.41) is 27.2. The van der Waals surface area contributed by atoms with Crippen molar-refractivity contribution in [2.75, 3.05) is 24.5 Å². The summed E-state index contributed by atoms with van der Waals surface area (Å²) < 4.78 is 0. The summed E-state index contributed by atoms with van der Waals surface area (Å²) in [7, 11) is 0. The van der Waals surface area contributed by atoms with E-state index in [4.69, 9.17) is 15.7 Å². The topological polar surface area (TPSA) is 214 Å². The summed E-state index contributed by atoms with van der Waals surface area (Å²) in [5.41, 5.74) is 20.2. The van der Waals surface area contributed by atoms with Crippen LogP contribution in [0.25, 0.3) is 16.1 Å². The molecule has 17 heteroatoms. The summed E-state index contributed by atoms with van der Waals surface area (Å²) in [6.45, 7) is 9.58. The summed E-state index contributed by atoms with van der Waals surface area (Å²) in [6.07, 6.45) is 11.3. The lowest BCUT2D eigenvalue weighted by molar-refractivity contribution is -0.144. The lowest BCUT2D eigenvalue weighted by atomic mass is 9.78. The van der Waals surface area contributed by atoms with Crippen LogP contribution in [-0.2, 0) is 27.3 Å². The Labute approximate surface area is 396 Å².